The Morgan fingerprint density at radius 3 is 2.33 bits per heavy atom. The van der Waals surface area contributed by atoms with Crippen LogP contribution in [0.25, 0.3) is 0 Å². The Kier molecular flexibility index (Phi) is 8.72. The predicted octanol–water partition coefficient (Wildman–Crippen LogP) is 2.59. The van der Waals surface area contributed by atoms with Crippen molar-refractivity contribution < 1.29 is 13.2 Å². The highest BCUT2D eigenvalue weighted by Crippen LogP contribution is 2.24. The molecule has 0 saturated carbocycles. The molecule has 0 amide bonds. The molecular weight excluding hydrogens is 398 g/mol. The molecule has 0 aliphatic carbocycles. The van der Waals surface area contributed by atoms with Gasteiger partial charge in [-0.2, -0.15) is 0 Å². The van der Waals surface area contributed by atoms with E-state index in [1.165, 1.54) is 17.4 Å². The van der Waals surface area contributed by atoms with Crippen molar-refractivity contribution in [3.05, 3.63) is 35.4 Å². The van der Waals surface area contributed by atoms with Crippen molar-refractivity contribution in [3.8, 4) is 0 Å². The highest BCUT2D eigenvalue weighted by atomic mass is 32.2. The van der Waals surface area contributed by atoms with Crippen LogP contribution in [0.4, 0.5) is 0 Å². The standard InChI is InChI=1S/C23H39N3O3S/c1-4-20-7-9-21(10-8-20)18-24(2)14-15-26(22-11-16-29-17-12-22)23-6-5-13-25(19-23)30(3,27)28/h7-10,22-23H,4-6,11-19H2,1-3H3. The van der Waals surface area contributed by atoms with E-state index in [4.69, 9.17) is 4.74 Å². The van der Waals surface area contributed by atoms with Gasteiger partial charge in [0.25, 0.3) is 0 Å². The first-order valence-corrected chi connectivity index (χ1v) is 13.3. The van der Waals surface area contributed by atoms with Crippen LogP contribution in [0.15, 0.2) is 24.3 Å². The second-order valence-corrected chi connectivity index (χ2v) is 10.9. The molecule has 0 bridgehead atoms. The molecule has 1 aromatic rings. The summed E-state index contributed by atoms with van der Waals surface area (Å²) in [4.78, 5) is 4.97. The van der Waals surface area contributed by atoms with Crippen molar-refractivity contribution >= 4 is 10.0 Å². The zero-order chi connectivity index (χ0) is 21.6. The van der Waals surface area contributed by atoms with Gasteiger partial charge >= 0.3 is 0 Å². The maximum atomic E-state index is 12.1. The molecule has 170 valence electrons. The third-order valence-electron chi connectivity index (χ3n) is 6.58. The Morgan fingerprint density at radius 2 is 1.70 bits per heavy atom. The van der Waals surface area contributed by atoms with E-state index >= 15 is 0 Å². The Morgan fingerprint density at radius 1 is 1.03 bits per heavy atom. The number of rotatable bonds is 9. The first-order chi connectivity index (χ1) is 14.4. The average Bonchev–Trinajstić information content (AvgIpc) is 2.75. The average molecular weight is 438 g/mol. The third-order valence-corrected chi connectivity index (χ3v) is 7.85. The van der Waals surface area contributed by atoms with Crippen LogP contribution in [0, 0.1) is 0 Å². The van der Waals surface area contributed by atoms with E-state index in [0.717, 1.165) is 65.0 Å². The molecule has 6 nitrogen and oxygen atoms in total. The van der Waals surface area contributed by atoms with Gasteiger partial charge in [-0.05, 0) is 50.3 Å². The van der Waals surface area contributed by atoms with Crippen molar-refractivity contribution in [2.24, 2.45) is 0 Å². The predicted molar refractivity (Wildman–Crippen MR) is 122 cm³/mol. The van der Waals surface area contributed by atoms with Crippen LogP contribution in [0.5, 0.6) is 0 Å². The van der Waals surface area contributed by atoms with Gasteiger partial charge < -0.3 is 9.64 Å². The van der Waals surface area contributed by atoms with Crippen LogP contribution in [-0.4, -0.2) is 87.3 Å². The number of benzene rings is 1. The van der Waals surface area contributed by atoms with Crippen molar-refractivity contribution in [2.45, 2.75) is 57.7 Å². The smallest absolute Gasteiger partial charge is 0.211 e. The van der Waals surface area contributed by atoms with Gasteiger partial charge in [0.15, 0.2) is 0 Å². The lowest BCUT2D eigenvalue weighted by Crippen LogP contribution is -2.55. The highest BCUT2D eigenvalue weighted by molar-refractivity contribution is 7.88. The fourth-order valence-corrected chi connectivity index (χ4v) is 5.63. The molecule has 0 aromatic heterocycles. The maximum absolute atomic E-state index is 12.1. The van der Waals surface area contributed by atoms with Crippen molar-refractivity contribution in [1.29, 1.82) is 0 Å². The maximum Gasteiger partial charge on any atom is 0.211 e. The molecule has 0 spiro atoms. The third kappa shape index (κ3) is 6.76. The summed E-state index contributed by atoms with van der Waals surface area (Å²) in [6.45, 7) is 7.96. The summed E-state index contributed by atoms with van der Waals surface area (Å²) in [6.07, 6.45) is 6.51. The summed E-state index contributed by atoms with van der Waals surface area (Å²) in [5.74, 6) is 0. The molecule has 2 aliphatic rings. The quantitative estimate of drug-likeness (QED) is 0.594. The molecule has 2 fully saturated rings. The lowest BCUT2D eigenvalue weighted by molar-refractivity contribution is 0.00275. The van der Waals surface area contributed by atoms with Gasteiger partial charge in [0, 0.05) is 58.0 Å². The number of aryl methyl sites for hydroxylation is 1. The zero-order valence-corrected chi connectivity index (χ0v) is 19.7. The van der Waals surface area contributed by atoms with E-state index in [2.05, 4.69) is 48.0 Å². The molecule has 0 N–H and O–H groups in total. The molecule has 1 aromatic carbocycles. The lowest BCUT2D eigenvalue weighted by atomic mass is 9.99. The van der Waals surface area contributed by atoms with Crippen LogP contribution >= 0.6 is 0 Å². The molecule has 2 aliphatic heterocycles. The van der Waals surface area contributed by atoms with Crippen LogP contribution in [0.2, 0.25) is 0 Å². The Balaban J connectivity index is 1.61. The molecule has 2 saturated heterocycles. The van der Waals surface area contributed by atoms with Crippen LogP contribution in [0.1, 0.15) is 43.7 Å². The first kappa shape index (κ1) is 23.7. The first-order valence-electron chi connectivity index (χ1n) is 11.4. The summed E-state index contributed by atoms with van der Waals surface area (Å²) in [5, 5.41) is 0. The van der Waals surface area contributed by atoms with Crippen LogP contribution in [-0.2, 0) is 27.7 Å². The fourth-order valence-electron chi connectivity index (χ4n) is 4.73. The van der Waals surface area contributed by atoms with Crippen molar-refractivity contribution in [2.75, 3.05) is 52.7 Å². The topological polar surface area (TPSA) is 53.1 Å². The van der Waals surface area contributed by atoms with Gasteiger partial charge in [-0.25, -0.2) is 12.7 Å². The summed E-state index contributed by atoms with van der Waals surface area (Å²) in [7, 11) is -0.949. The Labute approximate surface area is 183 Å². The molecular formula is C23H39N3O3S. The summed E-state index contributed by atoms with van der Waals surface area (Å²) < 4.78 is 31.5. The summed E-state index contributed by atoms with van der Waals surface area (Å²) in [5.41, 5.74) is 2.72. The number of hydrogen-bond acceptors (Lipinski definition) is 5. The molecule has 30 heavy (non-hydrogen) atoms. The van der Waals surface area contributed by atoms with Gasteiger partial charge in [0.05, 0.1) is 6.26 Å². The van der Waals surface area contributed by atoms with E-state index in [0.29, 0.717) is 25.2 Å². The Bertz CT molecular complexity index is 747. The van der Waals surface area contributed by atoms with E-state index < -0.39 is 10.0 Å². The van der Waals surface area contributed by atoms with Crippen molar-refractivity contribution in [1.82, 2.24) is 14.1 Å². The number of hydrogen-bond donors (Lipinski definition) is 0. The minimum atomic E-state index is -3.13. The summed E-state index contributed by atoms with van der Waals surface area (Å²) >= 11 is 0. The minimum Gasteiger partial charge on any atom is -0.381 e. The monoisotopic (exact) mass is 437 g/mol. The molecule has 1 unspecified atom stereocenters. The van der Waals surface area contributed by atoms with Crippen molar-refractivity contribution in [3.63, 3.8) is 0 Å². The van der Waals surface area contributed by atoms with E-state index in [-0.39, 0.29) is 0 Å². The summed E-state index contributed by atoms with van der Waals surface area (Å²) in [6, 6.07) is 9.70. The van der Waals surface area contributed by atoms with Gasteiger partial charge in [-0.15, -0.1) is 0 Å². The zero-order valence-electron chi connectivity index (χ0n) is 18.9. The minimum absolute atomic E-state index is 0.300. The molecule has 7 heteroatoms. The number of nitrogens with zero attached hydrogens (tertiary/aromatic N) is 3. The van der Waals surface area contributed by atoms with E-state index in [1.807, 2.05) is 0 Å². The van der Waals surface area contributed by atoms with Crippen LogP contribution < -0.4 is 0 Å². The van der Waals surface area contributed by atoms with Gasteiger partial charge in [-0.3, -0.25) is 4.90 Å². The Hall–Kier alpha value is -0.990. The molecule has 2 heterocycles. The van der Waals surface area contributed by atoms with Crippen LogP contribution in [0.3, 0.4) is 0 Å². The second kappa shape index (κ2) is 11.0. The molecule has 3 rings (SSSR count). The SMILES string of the molecule is CCc1ccc(CN(C)CCN(C2CCOCC2)C2CCCN(S(C)(=O)=O)C2)cc1. The fraction of sp³-hybridized carbons (Fsp3) is 0.739. The number of likely N-dealkylation sites (N-methyl/N-ethyl adjacent to an activating group) is 1. The largest absolute Gasteiger partial charge is 0.381 e. The normalized spacial score (nSPS) is 22.1. The second-order valence-electron chi connectivity index (χ2n) is 8.91. The number of ether oxygens (including phenoxy) is 1. The lowest BCUT2D eigenvalue weighted by Gasteiger charge is -2.44. The highest BCUT2D eigenvalue weighted by Gasteiger charge is 2.33. The molecule has 1 atom stereocenters. The van der Waals surface area contributed by atoms with Gasteiger partial charge in [0.2, 0.25) is 10.0 Å². The van der Waals surface area contributed by atoms with Gasteiger partial charge in [0.1, 0.15) is 0 Å². The van der Waals surface area contributed by atoms with Gasteiger partial charge in [-0.1, -0.05) is 31.2 Å². The number of piperidine rings is 1. The van der Waals surface area contributed by atoms with E-state index in [1.54, 1.807) is 4.31 Å². The molecule has 0 radical (unpaired) electrons. The number of sulfonamides is 1. The van der Waals surface area contributed by atoms with E-state index in [9.17, 15) is 8.42 Å².